The van der Waals surface area contributed by atoms with Crippen molar-refractivity contribution in [2.75, 3.05) is 25.9 Å². The van der Waals surface area contributed by atoms with Gasteiger partial charge in [0.05, 0.1) is 11.3 Å². The first-order chi connectivity index (χ1) is 8.59. The molecule has 98 valence electrons. The van der Waals surface area contributed by atoms with Crippen molar-refractivity contribution in [1.29, 1.82) is 0 Å². The first-order valence-corrected chi connectivity index (χ1v) is 6.12. The predicted molar refractivity (Wildman–Crippen MR) is 68.8 cm³/mol. The van der Waals surface area contributed by atoms with E-state index in [4.69, 9.17) is 5.73 Å². The molecule has 1 fully saturated rings. The van der Waals surface area contributed by atoms with Crippen LogP contribution in [0.5, 0.6) is 0 Å². The zero-order valence-electron chi connectivity index (χ0n) is 10.4. The molecule has 0 aromatic heterocycles. The third-order valence-electron chi connectivity index (χ3n) is 3.22. The zero-order valence-corrected chi connectivity index (χ0v) is 10.4. The van der Waals surface area contributed by atoms with Crippen LogP contribution < -0.4 is 11.1 Å². The van der Waals surface area contributed by atoms with E-state index in [1.165, 1.54) is 31.0 Å². The van der Waals surface area contributed by atoms with E-state index in [1.807, 2.05) is 7.05 Å². The number of nitrogens with two attached hydrogens (primary N) is 1. The summed E-state index contributed by atoms with van der Waals surface area (Å²) in [4.78, 5) is 14.0. The molecule has 0 spiro atoms. The maximum Gasteiger partial charge on any atom is 0.253 e. The number of nitrogen functional groups attached to an aromatic ring is 1. The molecule has 0 radical (unpaired) electrons. The second kappa shape index (κ2) is 5.35. The second-order valence-electron chi connectivity index (χ2n) is 4.67. The topological polar surface area (TPSA) is 58.4 Å². The van der Waals surface area contributed by atoms with Crippen molar-refractivity contribution in [2.24, 2.45) is 0 Å². The van der Waals surface area contributed by atoms with Gasteiger partial charge in [0.2, 0.25) is 0 Å². The normalized spacial score (nSPS) is 14.8. The maximum atomic E-state index is 13.2. The number of benzene rings is 1. The summed E-state index contributed by atoms with van der Waals surface area (Å²) in [7, 11) is 2.04. The van der Waals surface area contributed by atoms with Crippen LogP contribution in [-0.4, -0.2) is 37.0 Å². The summed E-state index contributed by atoms with van der Waals surface area (Å²) >= 11 is 0. The average Bonchev–Trinajstić information content (AvgIpc) is 3.16. The summed E-state index contributed by atoms with van der Waals surface area (Å²) in [5.74, 6) is -0.881. The molecule has 1 saturated carbocycles. The molecule has 4 nitrogen and oxygen atoms in total. The number of amides is 1. The largest absolute Gasteiger partial charge is 0.396 e. The highest BCUT2D eigenvalue weighted by Crippen LogP contribution is 2.24. The summed E-state index contributed by atoms with van der Waals surface area (Å²) in [5, 5.41) is 2.75. The molecular weight excluding hydrogens is 233 g/mol. The quantitative estimate of drug-likeness (QED) is 0.774. The minimum Gasteiger partial charge on any atom is -0.396 e. The fraction of sp³-hybridized carbons (Fsp3) is 0.462. The molecular formula is C13H18FN3O. The third-order valence-corrected chi connectivity index (χ3v) is 3.22. The Morgan fingerprint density at radius 1 is 1.56 bits per heavy atom. The summed E-state index contributed by atoms with van der Waals surface area (Å²) in [6.45, 7) is 1.34. The van der Waals surface area contributed by atoms with Gasteiger partial charge in [-0.1, -0.05) is 6.07 Å². The van der Waals surface area contributed by atoms with Gasteiger partial charge >= 0.3 is 0 Å². The lowest BCUT2D eigenvalue weighted by Crippen LogP contribution is -2.34. The molecule has 18 heavy (non-hydrogen) atoms. The van der Waals surface area contributed by atoms with Crippen molar-refractivity contribution in [2.45, 2.75) is 18.9 Å². The molecule has 5 heteroatoms. The highest BCUT2D eigenvalue weighted by Gasteiger charge is 2.25. The van der Waals surface area contributed by atoms with Crippen molar-refractivity contribution in [3.8, 4) is 0 Å². The zero-order chi connectivity index (χ0) is 13.1. The Labute approximate surface area is 106 Å². The number of carbonyl (C=O) groups is 1. The number of nitrogens with zero attached hydrogens (tertiary/aromatic N) is 1. The van der Waals surface area contributed by atoms with Crippen molar-refractivity contribution in [1.82, 2.24) is 10.2 Å². The molecule has 0 aliphatic heterocycles. The van der Waals surface area contributed by atoms with Crippen LogP contribution in [0.1, 0.15) is 23.2 Å². The van der Waals surface area contributed by atoms with Crippen LogP contribution in [0.3, 0.4) is 0 Å². The van der Waals surface area contributed by atoms with Gasteiger partial charge in [-0.3, -0.25) is 4.79 Å². The number of carbonyl (C=O) groups excluding carboxylic acids is 1. The Bertz CT molecular complexity index is 446. The van der Waals surface area contributed by atoms with E-state index >= 15 is 0 Å². The molecule has 1 amide bonds. The number of likely N-dealkylation sites (N-methyl/N-ethyl adjacent to an activating group) is 1. The van der Waals surface area contributed by atoms with E-state index in [-0.39, 0.29) is 17.2 Å². The van der Waals surface area contributed by atoms with Crippen LogP contribution in [0.4, 0.5) is 10.1 Å². The lowest BCUT2D eigenvalue weighted by Gasteiger charge is -2.16. The highest BCUT2D eigenvalue weighted by molar-refractivity contribution is 5.99. The van der Waals surface area contributed by atoms with E-state index < -0.39 is 5.82 Å². The van der Waals surface area contributed by atoms with Gasteiger partial charge in [0.1, 0.15) is 5.82 Å². The van der Waals surface area contributed by atoms with Gasteiger partial charge in [-0.15, -0.1) is 0 Å². The summed E-state index contributed by atoms with van der Waals surface area (Å²) < 4.78 is 13.2. The second-order valence-corrected chi connectivity index (χ2v) is 4.67. The predicted octanol–water partition coefficient (Wildman–Crippen LogP) is 1.23. The van der Waals surface area contributed by atoms with Gasteiger partial charge in [-0.05, 0) is 32.0 Å². The Morgan fingerprint density at radius 3 is 2.94 bits per heavy atom. The molecule has 2 rings (SSSR count). The van der Waals surface area contributed by atoms with E-state index in [0.29, 0.717) is 12.6 Å². The maximum absolute atomic E-state index is 13.2. The van der Waals surface area contributed by atoms with Gasteiger partial charge in [-0.2, -0.15) is 0 Å². The molecule has 0 heterocycles. The van der Waals surface area contributed by atoms with E-state index in [2.05, 4.69) is 10.2 Å². The monoisotopic (exact) mass is 251 g/mol. The number of rotatable bonds is 5. The third kappa shape index (κ3) is 2.98. The minimum atomic E-state index is -0.558. The van der Waals surface area contributed by atoms with Crippen LogP contribution in [0.2, 0.25) is 0 Å². The van der Waals surface area contributed by atoms with E-state index in [1.54, 1.807) is 0 Å². The lowest BCUT2D eigenvalue weighted by atomic mass is 10.1. The highest BCUT2D eigenvalue weighted by atomic mass is 19.1. The summed E-state index contributed by atoms with van der Waals surface area (Å²) in [5.41, 5.74) is 5.63. The van der Waals surface area contributed by atoms with Crippen LogP contribution in [-0.2, 0) is 0 Å². The molecule has 3 N–H and O–H groups in total. The van der Waals surface area contributed by atoms with E-state index in [9.17, 15) is 9.18 Å². The van der Waals surface area contributed by atoms with Crippen LogP contribution in [0, 0.1) is 5.82 Å². The fourth-order valence-corrected chi connectivity index (χ4v) is 1.87. The molecule has 1 aromatic rings. The Balaban J connectivity index is 1.85. The van der Waals surface area contributed by atoms with Gasteiger partial charge in [0.15, 0.2) is 0 Å². The molecule has 1 aliphatic rings. The van der Waals surface area contributed by atoms with Gasteiger partial charge < -0.3 is 16.0 Å². The van der Waals surface area contributed by atoms with Crippen LogP contribution in [0.15, 0.2) is 18.2 Å². The standard InChI is InChI=1S/C13H18FN3O/c1-17(9-5-6-9)8-7-16-13(18)10-3-2-4-11(14)12(10)15/h2-4,9H,5-8,15H2,1H3,(H,16,18). The van der Waals surface area contributed by atoms with Crippen LogP contribution >= 0.6 is 0 Å². The number of anilines is 1. The molecule has 0 unspecified atom stereocenters. The van der Waals surface area contributed by atoms with Gasteiger partial charge in [0, 0.05) is 19.1 Å². The first kappa shape index (κ1) is 12.8. The molecule has 1 aliphatic carbocycles. The Morgan fingerprint density at radius 2 is 2.28 bits per heavy atom. The van der Waals surface area contributed by atoms with Crippen molar-refractivity contribution >= 4 is 11.6 Å². The molecule has 0 saturated heterocycles. The number of nitrogens with one attached hydrogen (secondary N) is 1. The lowest BCUT2D eigenvalue weighted by molar-refractivity contribution is 0.0950. The van der Waals surface area contributed by atoms with Crippen molar-refractivity contribution < 1.29 is 9.18 Å². The van der Waals surface area contributed by atoms with Crippen LogP contribution in [0.25, 0.3) is 0 Å². The van der Waals surface area contributed by atoms with Crippen molar-refractivity contribution in [3.05, 3.63) is 29.6 Å². The van der Waals surface area contributed by atoms with Gasteiger partial charge in [0.25, 0.3) is 5.91 Å². The smallest absolute Gasteiger partial charge is 0.253 e. The number of halogens is 1. The Kier molecular flexibility index (Phi) is 3.81. The first-order valence-electron chi connectivity index (χ1n) is 6.12. The average molecular weight is 251 g/mol. The number of para-hydroxylation sites is 1. The van der Waals surface area contributed by atoms with Gasteiger partial charge in [-0.25, -0.2) is 4.39 Å². The fourth-order valence-electron chi connectivity index (χ4n) is 1.87. The molecule has 0 bridgehead atoms. The SMILES string of the molecule is CN(CCNC(=O)c1cccc(F)c1N)C1CC1. The summed E-state index contributed by atoms with van der Waals surface area (Å²) in [6, 6.07) is 4.92. The number of hydrogen-bond acceptors (Lipinski definition) is 3. The Hall–Kier alpha value is -1.62. The molecule has 0 atom stereocenters. The van der Waals surface area contributed by atoms with Crippen molar-refractivity contribution in [3.63, 3.8) is 0 Å². The summed E-state index contributed by atoms with van der Waals surface area (Å²) in [6.07, 6.45) is 2.47. The molecule has 1 aromatic carbocycles. The van der Waals surface area contributed by atoms with E-state index in [0.717, 1.165) is 6.54 Å². The number of hydrogen-bond donors (Lipinski definition) is 2. The minimum absolute atomic E-state index is 0.0921.